The Balaban J connectivity index is 1.99. The Morgan fingerprint density at radius 3 is 3.00 bits per heavy atom. The number of rotatable bonds is 2. The lowest BCUT2D eigenvalue weighted by Crippen LogP contribution is -2.43. The van der Waals surface area contributed by atoms with Crippen molar-refractivity contribution in [2.24, 2.45) is 0 Å². The topological polar surface area (TPSA) is 56.1 Å². The van der Waals surface area contributed by atoms with Crippen LogP contribution >= 0.6 is 15.9 Å². The van der Waals surface area contributed by atoms with Crippen LogP contribution in [-0.2, 0) is 4.79 Å². The van der Waals surface area contributed by atoms with Crippen LogP contribution in [0.5, 0.6) is 0 Å². The third-order valence-corrected chi connectivity index (χ3v) is 3.63. The lowest BCUT2D eigenvalue weighted by atomic mass is 9.95. The minimum Gasteiger partial charge on any atom is -0.350 e. The summed E-state index contributed by atoms with van der Waals surface area (Å²) in [4.78, 5) is 13.0. The molecule has 5 heteroatoms. The zero-order chi connectivity index (χ0) is 10.1. The summed E-state index contributed by atoms with van der Waals surface area (Å²) in [5.74, 6) is 0.0143. The number of hydrogen-bond acceptors (Lipinski definition) is 3. The van der Waals surface area contributed by atoms with E-state index in [1.807, 2.05) is 4.90 Å². The average Bonchev–Trinajstić information content (AvgIpc) is 2.73. The van der Waals surface area contributed by atoms with E-state index in [0.29, 0.717) is 11.4 Å². The van der Waals surface area contributed by atoms with E-state index in [-0.39, 0.29) is 18.0 Å². The highest BCUT2D eigenvalue weighted by Crippen LogP contribution is 2.36. The number of carbonyl (C=O) groups excluding carboxylic acids is 1. The minimum absolute atomic E-state index is 0.0143. The first kappa shape index (κ1) is 9.78. The van der Waals surface area contributed by atoms with Gasteiger partial charge in [0.1, 0.15) is 0 Å². The molecule has 2 rings (SSSR count). The van der Waals surface area contributed by atoms with Gasteiger partial charge in [0.25, 0.3) is 0 Å². The average molecular weight is 258 g/mol. The number of fused-ring (bicyclic) bond motifs is 2. The van der Waals surface area contributed by atoms with Crippen LogP contribution in [0.2, 0.25) is 0 Å². The van der Waals surface area contributed by atoms with Crippen LogP contribution in [0.4, 0.5) is 0 Å². The van der Waals surface area contributed by atoms with Gasteiger partial charge < -0.3 is 10.2 Å². The number of halogens is 1. The molecule has 0 aromatic heterocycles. The van der Waals surface area contributed by atoms with Crippen molar-refractivity contribution in [2.45, 2.75) is 37.4 Å². The first-order chi connectivity index (χ1) is 6.76. The zero-order valence-electron chi connectivity index (χ0n) is 7.74. The molecule has 1 N–H and O–H groups in total. The van der Waals surface area contributed by atoms with Crippen molar-refractivity contribution in [1.82, 2.24) is 10.2 Å². The zero-order valence-corrected chi connectivity index (χ0v) is 9.33. The van der Waals surface area contributed by atoms with Crippen LogP contribution in [-0.4, -0.2) is 34.3 Å². The number of carbonyl (C=O) groups is 1. The molecule has 0 aromatic rings. The summed E-state index contributed by atoms with van der Waals surface area (Å²) >= 11 is 3.12. The summed E-state index contributed by atoms with van der Waals surface area (Å²) in [6.07, 6.45) is 5.27. The van der Waals surface area contributed by atoms with Gasteiger partial charge in [-0.05, 0) is 19.3 Å². The fraction of sp³-hybridized carbons (Fsp3) is 0.778. The van der Waals surface area contributed by atoms with Crippen molar-refractivity contribution in [3.8, 4) is 6.19 Å². The molecule has 14 heavy (non-hydrogen) atoms. The fourth-order valence-electron chi connectivity index (χ4n) is 2.55. The van der Waals surface area contributed by atoms with Gasteiger partial charge in [0.05, 0.1) is 17.4 Å². The Hall–Kier alpha value is -0.760. The van der Waals surface area contributed by atoms with E-state index < -0.39 is 0 Å². The third-order valence-electron chi connectivity index (χ3n) is 3.12. The molecule has 2 fully saturated rings. The molecule has 0 unspecified atom stereocenters. The maximum Gasteiger partial charge on any atom is 0.230 e. The maximum atomic E-state index is 11.2. The fourth-order valence-corrected chi connectivity index (χ4v) is 2.71. The van der Waals surface area contributed by atoms with Gasteiger partial charge in [0, 0.05) is 6.04 Å². The second-order valence-electron chi connectivity index (χ2n) is 3.85. The summed E-state index contributed by atoms with van der Waals surface area (Å²) in [5.41, 5.74) is 0. The molecule has 0 aliphatic carbocycles. The van der Waals surface area contributed by atoms with Crippen molar-refractivity contribution in [3.63, 3.8) is 0 Å². The quantitative estimate of drug-likeness (QED) is 0.582. The second kappa shape index (κ2) is 3.77. The highest BCUT2D eigenvalue weighted by Gasteiger charge is 2.46. The Morgan fingerprint density at radius 2 is 2.43 bits per heavy atom. The smallest absolute Gasteiger partial charge is 0.230 e. The third kappa shape index (κ3) is 1.48. The van der Waals surface area contributed by atoms with Crippen LogP contribution in [0, 0.1) is 11.5 Å². The first-order valence-corrected chi connectivity index (χ1v) is 5.92. The lowest BCUT2D eigenvalue weighted by Gasteiger charge is -2.21. The van der Waals surface area contributed by atoms with Crippen molar-refractivity contribution in [1.29, 1.82) is 5.26 Å². The Bertz CT molecular complexity index is 288. The van der Waals surface area contributed by atoms with Crippen molar-refractivity contribution >= 4 is 21.8 Å². The monoisotopic (exact) mass is 257 g/mol. The van der Waals surface area contributed by atoms with Crippen LogP contribution in [0.25, 0.3) is 0 Å². The number of nitriles is 1. The van der Waals surface area contributed by atoms with E-state index in [1.54, 1.807) is 0 Å². The van der Waals surface area contributed by atoms with Gasteiger partial charge in [-0.1, -0.05) is 15.9 Å². The molecule has 0 saturated carbocycles. The predicted octanol–water partition coefficient (Wildman–Crippen LogP) is 0.584. The van der Waals surface area contributed by atoms with Crippen LogP contribution < -0.4 is 5.32 Å². The normalized spacial score (nSPS) is 34.3. The number of amides is 1. The summed E-state index contributed by atoms with van der Waals surface area (Å²) in [6, 6.07) is 0.789. The van der Waals surface area contributed by atoms with Crippen molar-refractivity contribution in [2.75, 3.05) is 5.33 Å². The van der Waals surface area contributed by atoms with E-state index in [9.17, 15) is 4.79 Å². The van der Waals surface area contributed by atoms with Gasteiger partial charge in [-0.2, -0.15) is 5.26 Å². The lowest BCUT2D eigenvalue weighted by molar-refractivity contribution is -0.119. The molecule has 2 bridgehead atoms. The Kier molecular flexibility index (Phi) is 2.64. The van der Waals surface area contributed by atoms with Gasteiger partial charge >= 0.3 is 0 Å². The molecule has 0 aromatic carbocycles. The summed E-state index contributed by atoms with van der Waals surface area (Å²) in [6.45, 7) is 0. The highest BCUT2D eigenvalue weighted by atomic mass is 79.9. The summed E-state index contributed by atoms with van der Waals surface area (Å²) in [7, 11) is 0. The largest absolute Gasteiger partial charge is 0.350 e. The molecule has 0 spiro atoms. The summed E-state index contributed by atoms with van der Waals surface area (Å²) in [5, 5.41) is 12.2. The SMILES string of the molecule is N#CN1[C@H]2CC[C@@H]1[C@H](NC(=O)CBr)C2. The first-order valence-electron chi connectivity index (χ1n) is 4.79. The molecular formula is C9H12BrN3O. The van der Waals surface area contributed by atoms with E-state index in [1.165, 1.54) is 0 Å². The Morgan fingerprint density at radius 1 is 1.64 bits per heavy atom. The molecule has 4 nitrogen and oxygen atoms in total. The molecular weight excluding hydrogens is 246 g/mol. The minimum atomic E-state index is 0.0143. The van der Waals surface area contributed by atoms with Crippen LogP contribution in [0.15, 0.2) is 0 Å². The van der Waals surface area contributed by atoms with Gasteiger partial charge in [0.2, 0.25) is 5.91 Å². The number of nitrogens with one attached hydrogen (secondary N) is 1. The molecule has 3 atom stereocenters. The molecule has 0 radical (unpaired) electrons. The second-order valence-corrected chi connectivity index (χ2v) is 4.41. The number of alkyl halides is 1. The van der Waals surface area contributed by atoms with Crippen molar-refractivity contribution in [3.05, 3.63) is 0 Å². The van der Waals surface area contributed by atoms with Gasteiger partial charge in [0.15, 0.2) is 6.19 Å². The molecule has 1 amide bonds. The molecule has 76 valence electrons. The number of hydrogen-bond donors (Lipinski definition) is 1. The van der Waals surface area contributed by atoms with Gasteiger partial charge in [-0.3, -0.25) is 4.79 Å². The standard InChI is InChI=1S/C9H12BrN3O/c10-4-9(14)12-7-3-6-1-2-8(7)13(6)5-11/h6-8H,1-4H2,(H,12,14)/t6-,7+,8+/m0/s1. The van der Waals surface area contributed by atoms with E-state index in [0.717, 1.165) is 19.3 Å². The van der Waals surface area contributed by atoms with Crippen molar-refractivity contribution < 1.29 is 4.79 Å². The van der Waals surface area contributed by atoms with Crippen LogP contribution in [0.1, 0.15) is 19.3 Å². The molecule has 2 heterocycles. The van der Waals surface area contributed by atoms with E-state index in [2.05, 4.69) is 27.4 Å². The predicted molar refractivity (Wildman–Crippen MR) is 54.6 cm³/mol. The van der Waals surface area contributed by atoms with Crippen LogP contribution in [0.3, 0.4) is 0 Å². The Labute approximate surface area is 91.4 Å². The van der Waals surface area contributed by atoms with Gasteiger partial charge in [-0.25, -0.2) is 0 Å². The maximum absolute atomic E-state index is 11.2. The molecule has 2 aliphatic rings. The molecule has 2 aliphatic heterocycles. The molecule has 2 saturated heterocycles. The van der Waals surface area contributed by atoms with Gasteiger partial charge in [-0.15, -0.1) is 0 Å². The van der Waals surface area contributed by atoms with E-state index in [4.69, 9.17) is 5.26 Å². The summed E-state index contributed by atoms with van der Waals surface area (Å²) < 4.78 is 0. The van der Waals surface area contributed by atoms with E-state index >= 15 is 0 Å². The number of nitrogens with zero attached hydrogens (tertiary/aromatic N) is 2. The highest BCUT2D eigenvalue weighted by molar-refractivity contribution is 9.09.